The number of nitrogens with zero attached hydrogens (tertiary/aromatic N) is 2. The van der Waals surface area contributed by atoms with Gasteiger partial charge in [-0.15, -0.1) is 11.3 Å². The number of aromatic nitrogens is 1. The zero-order valence-electron chi connectivity index (χ0n) is 9.35. The Morgan fingerprint density at radius 1 is 1.38 bits per heavy atom. The topological polar surface area (TPSA) is 50.3 Å². The molecule has 2 heterocycles. The smallest absolute Gasteiger partial charge is 0.257 e. The third kappa shape index (κ3) is 1.67. The molecule has 0 aliphatic carbocycles. The van der Waals surface area contributed by atoms with E-state index in [4.69, 9.17) is 0 Å². The molecule has 84 valence electrons. The number of hydrogen-bond acceptors (Lipinski definition) is 4. The fraction of sp³-hybridized carbons (Fsp3) is 0.364. The minimum atomic E-state index is -0.285. The van der Waals surface area contributed by atoms with Crippen molar-refractivity contribution in [1.29, 1.82) is 0 Å². The summed E-state index contributed by atoms with van der Waals surface area (Å²) in [6.45, 7) is 5.37. The quantitative estimate of drug-likeness (QED) is 0.736. The predicted molar refractivity (Wildman–Crippen MR) is 60.9 cm³/mol. The Kier molecular flexibility index (Phi) is 2.63. The van der Waals surface area contributed by atoms with Crippen molar-refractivity contribution in [1.82, 2.24) is 9.88 Å². The molecule has 2 rings (SSSR count). The highest BCUT2D eigenvalue weighted by Crippen LogP contribution is 2.28. The molecule has 2 amide bonds. The van der Waals surface area contributed by atoms with Crippen molar-refractivity contribution in [2.75, 3.05) is 0 Å². The Labute approximate surface area is 97.6 Å². The van der Waals surface area contributed by atoms with Crippen molar-refractivity contribution in [2.24, 2.45) is 0 Å². The van der Waals surface area contributed by atoms with E-state index in [-0.39, 0.29) is 17.9 Å². The van der Waals surface area contributed by atoms with Gasteiger partial charge in [-0.25, -0.2) is 4.98 Å². The summed E-state index contributed by atoms with van der Waals surface area (Å²) in [7, 11) is 0. The van der Waals surface area contributed by atoms with Crippen LogP contribution in [0.4, 0.5) is 0 Å². The average Bonchev–Trinajstić information content (AvgIpc) is 2.73. The molecule has 0 fully saturated rings. The molecule has 1 aromatic heterocycles. The number of hydrogen-bond donors (Lipinski definition) is 0. The number of imide groups is 1. The molecule has 0 N–H and O–H groups in total. The molecular weight excluding hydrogens is 224 g/mol. The van der Waals surface area contributed by atoms with Crippen LogP contribution in [0.3, 0.4) is 0 Å². The Balaban J connectivity index is 2.27. The molecule has 1 atom stereocenters. The maximum absolute atomic E-state index is 11.8. The van der Waals surface area contributed by atoms with Gasteiger partial charge in [0.25, 0.3) is 11.8 Å². The number of carbonyl (C=O) groups excluding carboxylic acids is 2. The van der Waals surface area contributed by atoms with E-state index in [9.17, 15) is 9.59 Å². The van der Waals surface area contributed by atoms with Crippen LogP contribution in [0.15, 0.2) is 17.0 Å². The van der Waals surface area contributed by atoms with Gasteiger partial charge in [0.2, 0.25) is 0 Å². The lowest BCUT2D eigenvalue weighted by Crippen LogP contribution is -2.33. The van der Waals surface area contributed by atoms with Crippen molar-refractivity contribution in [2.45, 2.75) is 26.8 Å². The minimum absolute atomic E-state index is 0.217. The fourth-order valence-electron chi connectivity index (χ4n) is 1.65. The summed E-state index contributed by atoms with van der Waals surface area (Å²) in [5.41, 5.74) is 1.40. The summed E-state index contributed by atoms with van der Waals surface area (Å²) in [6, 6.07) is -0.285. The van der Waals surface area contributed by atoms with Gasteiger partial charge in [-0.2, -0.15) is 0 Å². The molecule has 16 heavy (non-hydrogen) atoms. The van der Waals surface area contributed by atoms with Crippen LogP contribution < -0.4 is 0 Å². The molecular formula is C11H12N2O2S. The fourth-order valence-corrected chi connectivity index (χ4v) is 2.49. The second-order valence-corrected chi connectivity index (χ2v) is 4.73. The van der Waals surface area contributed by atoms with Gasteiger partial charge in [0.05, 0.1) is 6.04 Å². The molecule has 4 nitrogen and oxygen atoms in total. The van der Waals surface area contributed by atoms with Crippen LogP contribution >= 0.6 is 11.3 Å². The number of carbonyl (C=O) groups is 2. The summed E-state index contributed by atoms with van der Waals surface area (Å²) in [5, 5.41) is 2.71. The highest BCUT2D eigenvalue weighted by atomic mass is 32.1. The Bertz CT molecular complexity index is 490. The van der Waals surface area contributed by atoms with Gasteiger partial charge in [-0.3, -0.25) is 14.5 Å². The molecule has 1 aromatic rings. The first-order chi connectivity index (χ1) is 7.50. The summed E-state index contributed by atoms with van der Waals surface area (Å²) >= 11 is 1.47. The van der Waals surface area contributed by atoms with Crippen molar-refractivity contribution in [3.63, 3.8) is 0 Å². The molecule has 1 aliphatic rings. The van der Waals surface area contributed by atoms with Crippen LogP contribution in [0.25, 0.3) is 0 Å². The van der Waals surface area contributed by atoms with Crippen molar-refractivity contribution < 1.29 is 9.59 Å². The second kappa shape index (κ2) is 3.83. The van der Waals surface area contributed by atoms with E-state index in [1.54, 1.807) is 6.92 Å². The lowest BCUT2D eigenvalue weighted by atomic mass is 10.3. The molecule has 1 aliphatic heterocycles. The lowest BCUT2D eigenvalue weighted by Gasteiger charge is -2.20. The molecule has 0 saturated carbocycles. The Morgan fingerprint density at radius 2 is 2.06 bits per heavy atom. The van der Waals surface area contributed by atoms with Gasteiger partial charge in [-0.05, 0) is 20.8 Å². The van der Waals surface area contributed by atoms with Gasteiger partial charge in [0.1, 0.15) is 5.01 Å². The molecule has 0 saturated heterocycles. The third-order valence-corrected chi connectivity index (χ3v) is 3.65. The van der Waals surface area contributed by atoms with Crippen LogP contribution in [0.1, 0.15) is 30.6 Å². The van der Waals surface area contributed by atoms with Gasteiger partial charge < -0.3 is 0 Å². The van der Waals surface area contributed by atoms with Gasteiger partial charge in [-0.1, -0.05) is 0 Å². The van der Waals surface area contributed by atoms with Gasteiger partial charge >= 0.3 is 0 Å². The van der Waals surface area contributed by atoms with Crippen molar-refractivity contribution in [3.05, 3.63) is 27.7 Å². The first-order valence-corrected chi connectivity index (χ1v) is 5.86. The molecule has 0 bridgehead atoms. The standard InChI is InChI=1S/C11H12N2O2S/c1-6-4-9(14)13(11(6)15)8(3)10-12-7(2)5-16-10/h4-5,8H,1-3H3. The summed E-state index contributed by atoms with van der Waals surface area (Å²) < 4.78 is 0. The largest absolute Gasteiger partial charge is 0.269 e. The maximum Gasteiger partial charge on any atom is 0.257 e. The molecule has 0 aromatic carbocycles. The SMILES string of the molecule is CC1=CC(=O)N(C(C)c2nc(C)cs2)C1=O. The van der Waals surface area contributed by atoms with Crippen LogP contribution in [0, 0.1) is 6.92 Å². The normalized spacial score (nSPS) is 17.9. The number of amides is 2. The van der Waals surface area contributed by atoms with Crippen LogP contribution in [0.5, 0.6) is 0 Å². The zero-order valence-corrected chi connectivity index (χ0v) is 10.2. The second-order valence-electron chi connectivity index (χ2n) is 3.84. The number of thiazole rings is 1. The molecule has 0 spiro atoms. The first-order valence-electron chi connectivity index (χ1n) is 4.98. The summed E-state index contributed by atoms with van der Waals surface area (Å²) in [6.07, 6.45) is 1.37. The van der Waals surface area contributed by atoms with Crippen LogP contribution in [0.2, 0.25) is 0 Å². The van der Waals surface area contributed by atoms with Crippen molar-refractivity contribution >= 4 is 23.2 Å². The van der Waals surface area contributed by atoms with Gasteiger partial charge in [0, 0.05) is 22.7 Å². The van der Waals surface area contributed by atoms with E-state index in [1.165, 1.54) is 22.3 Å². The minimum Gasteiger partial charge on any atom is -0.269 e. The van der Waals surface area contributed by atoms with E-state index in [0.29, 0.717) is 5.57 Å². The van der Waals surface area contributed by atoms with E-state index in [2.05, 4.69) is 4.98 Å². The number of rotatable bonds is 2. The Hall–Kier alpha value is -1.49. The van der Waals surface area contributed by atoms with Gasteiger partial charge in [0.15, 0.2) is 0 Å². The third-order valence-electron chi connectivity index (χ3n) is 2.52. The molecule has 0 radical (unpaired) electrons. The molecule has 1 unspecified atom stereocenters. The summed E-state index contributed by atoms with van der Waals surface area (Å²) in [5.74, 6) is -0.465. The first kappa shape index (κ1) is 11.0. The van der Waals surface area contributed by atoms with E-state index >= 15 is 0 Å². The van der Waals surface area contributed by atoms with E-state index in [1.807, 2.05) is 19.2 Å². The maximum atomic E-state index is 11.8. The van der Waals surface area contributed by atoms with Crippen LogP contribution in [-0.2, 0) is 9.59 Å². The highest BCUT2D eigenvalue weighted by Gasteiger charge is 2.34. The zero-order chi connectivity index (χ0) is 11.9. The monoisotopic (exact) mass is 236 g/mol. The average molecular weight is 236 g/mol. The highest BCUT2D eigenvalue weighted by molar-refractivity contribution is 7.09. The Morgan fingerprint density at radius 3 is 2.50 bits per heavy atom. The lowest BCUT2D eigenvalue weighted by molar-refractivity contribution is -0.139. The van der Waals surface area contributed by atoms with Crippen molar-refractivity contribution in [3.8, 4) is 0 Å². The van der Waals surface area contributed by atoms with Crippen LogP contribution in [-0.4, -0.2) is 21.7 Å². The molecule has 5 heteroatoms. The van der Waals surface area contributed by atoms with E-state index < -0.39 is 0 Å². The summed E-state index contributed by atoms with van der Waals surface area (Å²) in [4.78, 5) is 28.9. The van der Waals surface area contributed by atoms with E-state index in [0.717, 1.165) is 10.7 Å². The number of aryl methyl sites for hydroxylation is 1. The predicted octanol–water partition coefficient (Wildman–Crippen LogP) is 1.83.